The Hall–Kier alpha value is -0.520. The Kier molecular flexibility index (Phi) is 6.18. The van der Waals surface area contributed by atoms with E-state index in [9.17, 15) is 4.79 Å². The van der Waals surface area contributed by atoms with E-state index in [0.717, 1.165) is 20.5 Å². The monoisotopic (exact) mass is 331 g/mol. The smallest absolute Gasteiger partial charge is 0.230 e. The fourth-order valence-electron chi connectivity index (χ4n) is 1.42. The fourth-order valence-corrected chi connectivity index (χ4v) is 2.79. The summed E-state index contributed by atoms with van der Waals surface area (Å²) >= 11 is 5.00. The summed E-state index contributed by atoms with van der Waals surface area (Å²) in [7, 11) is 0. The maximum absolute atomic E-state index is 11.6. The first-order valence-electron chi connectivity index (χ1n) is 5.73. The highest BCUT2D eigenvalue weighted by molar-refractivity contribution is 9.10. The zero-order valence-electron chi connectivity index (χ0n) is 10.8. The lowest BCUT2D eigenvalue weighted by molar-refractivity contribution is -0.119. The largest absolute Gasteiger partial charge is 0.394 e. The molecule has 1 rings (SSSR count). The molecule has 3 nitrogen and oxygen atoms in total. The van der Waals surface area contributed by atoms with E-state index in [4.69, 9.17) is 5.11 Å². The lowest BCUT2D eigenvalue weighted by Gasteiger charge is -2.12. The minimum absolute atomic E-state index is 0.0349. The number of aryl methyl sites for hydroxylation is 2. The Morgan fingerprint density at radius 1 is 1.44 bits per heavy atom. The topological polar surface area (TPSA) is 49.3 Å². The molecule has 1 aromatic carbocycles. The van der Waals surface area contributed by atoms with Crippen LogP contribution in [0, 0.1) is 13.8 Å². The number of benzene rings is 1. The van der Waals surface area contributed by atoms with Gasteiger partial charge in [-0.1, -0.05) is 15.9 Å². The number of halogens is 1. The Morgan fingerprint density at radius 2 is 2.11 bits per heavy atom. The van der Waals surface area contributed by atoms with Gasteiger partial charge in [-0.2, -0.15) is 0 Å². The molecule has 2 N–H and O–H groups in total. The number of amides is 1. The van der Waals surface area contributed by atoms with E-state index in [0.29, 0.717) is 5.75 Å². The minimum Gasteiger partial charge on any atom is -0.394 e. The SMILES string of the molecule is Cc1cc(SCC(=O)N[C@@H](C)CO)c(C)cc1Br. The van der Waals surface area contributed by atoms with Gasteiger partial charge in [0.25, 0.3) is 0 Å². The second kappa shape index (κ2) is 7.16. The second-order valence-electron chi connectivity index (χ2n) is 4.31. The molecule has 1 amide bonds. The summed E-state index contributed by atoms with van der Waals surface area (Å²) in [5, 5.41) is 11.6. The number of carbonyl (C=O) groups excluding carboxylic acids is 1. The van der Waals surface area contributed by atoms with Crippen LogP contribution in [0.5, 0.6) is 0 Å². The van der Waals surface area contributed by atoms with Gasteiger partial charge in [0, 0.05) is 15.4 Å². The first kappa shape index (κ1) is 15.5. The van der Waals surface area contributed by atoms with Crippen molar-refractivity contribution < 1.29 is 9.90 Å². The van der Waals surface area contributed by atoms with E-state index < -0.39 is 0 Å². The standard InChI is InChI=1S/C13H18BrNO2S/c1-8-5-12(9(2)4-11(8)14)18-7-13(17)15-10(3)6-16/h4-5,10,16H,6-7H2,1-3H3,(H,15,17)/t10-/m0/s1. The Morgan fingerprint density at radius 3 is 2.72 bits per heavy atom. The van der Waals surface area contributed by atoms with Gasteiger partial charge in [-0.05, 0) is 44.0 Å². The Balaban J connectivity index is 2.58. The van der Waals surface area contributed by atoms with Crippen LogP contribution in [0.2, 0.25) is 0 Å². The van der Waals surface area contributed by atoms with Gasteiger partial charge in [-0.25, -0.2) is 0 Å². The predicted octanol–water partition coefficient (Wildman–Crippen LogP) is 2.66. The lowest BCUT2D eigenvalue weighted by atomic mass is 10.2. The van der Waals surface area contributed by atoms with Gasteiger partial charge in [0.1, 0.15) is 0 Å². The summed E-state index contributed by atoms with van der Waals surface area (Å²) in [6, 6.07) is 3.95. The Labute approximate surface area is 120 Å². The fraction of sp³-hybridized carbons (Fsp3) is 0.462. The third-order valence-electron chi connectivity index (χ3n) is 2.50. The van der Waals surface area contributed by atoms with E-state index in [1.54, 1.807) is 6.92 Å². The predicted molar refractivity (Wildman–Crippen MR) is 79.0 cm³/mol. The number of thioether (sulfide) groups is 1. The molecule has 0 fully saturated rings. The van der Waals surface area contributed by atoms with Crippen LogP contribution >= 0.6 is 27.7 Å². The van der Waals surface area contributed by atoms with Crippen molar-refractivity contribution in [3.63, 3.8) is 0 Å². The van der Waals surface area contributed by atoms with Crippen molar-refractivity contribution in [2.24, 2.45) is 0 Å². The molecule has 0 unspecified atom stereocenters. The molecule has 0 saturated carbocycles. The summed E-state index contributed by atoms with van der Waals surface area (Å²) in [5.74, 6) is 0.313. The van der Waals surface area contributed by atoms with Gasteiger partial charge >= 0.3 is 0 Å². The van der Waals surface area contributed by atoms with Crippen LogP contribution < -0.4 is 5.32 Å². The molecular formula is C13H18BrNO2S. The molecule has 0 heterocycles. The van der Waals surface area contributed by atoms with E-state index in [2.05, 4.69) is 33.4 Å². The van der Waals surface area contributed by atoms with Crippen molar-refractivity contribution in [3.8, 4) is 0 Å². The molecule has 0 spiro atoms. The number of nitrogens with one attached hydrogen (secondary N) is 1. The van der Waals surface area contributed by atoms with Crippen molar-refractivity contribution >= 4 is 33.6 Å². The number of rotatable bonds is 5. The van der Waals surface area contributed by atoms with Crippen molar-refractivity contribution in [3.05, 3.63) is 27.7 Å². The average molecular weight is 332 g/mol. The number of hydrogen-bond donors (Lipinski definition) is 2. The highest BCUT2D eigenvalue weighted by Gasteiger charge is 2.09. The molecule has 0 bridgehead atoms. The number of hydrogen-bond acceptors (Lipinski definition) is 3. The van der Waals surface area contributed by atoms with Gasteiger partial charge in [0.15, 0.2) is 0 Å². The first-order valence-corrected chi connectivity index (χ1v) is 7.51. The quantitative estimate of drug-likeness (QED) is 0.815. The minimum atomic E-state index is -0.189. The van der Waals surface area contributed by atoms with E-state index >= 15 is 0 Å². The maximum Gasteiger partial charge on any atom is 0.230 e. The summed E-state index contributed by atoms with van der Waals surface area (Å²) in [6.07, 6.45) is 0. The van der Waals surface area contributed by atoms with Crippen molar-refractivity contribution in [2.75, 3.05) is 12.4 Å². The molecule has 1 atom stereocenters. The molecule has 0 radical (unpaired) electrons. The van der Waals surface area contributed by atoms with Crippen LogP contribution in [-0.4, -0.2) is 29.4 Å². The molecule has 18 heavy (non-hydrogen) atoms. The summed E-state index contributed by atoms with van der Waals surface area (Å²) in [6.45, 7) is 5.80. The van der Waals surface area contributed by atoms with Crippen LogP contribution in [0.25, 0.3) is 0 Å². The third-order valence-corrected chi connectivity index (χ3v) is 4.51. The molecule has 0 aromatic heterocycles. The normalized spacial score (nSPS) is 12.3. The summed E-state index contributed by atoms with van der Waals surface area (Å²) in [4.78, 5) is 12.7. The van der Waals surface area contributed by atoms with Crippen LogP contribution in [-0.2, 0) is 4.79 Å². The Bertz CT molecular complexity index is 437. The van der Waals surface area contributed by atoms with Gasteiger partial charge in [0.05, 0.1) is 12.4 Å². The van der Waals surface area contributed by atoms with Gasteiger partial charge in [-0.3, -0.25) is 4.79 Å². The van der Waals surface area contributed by atoms with E-state index in [1.165, 1.54) is 11.8 Å². The molecule has 5 heteroatoms. The molecule has 100 valence electrons. The highest BCUT2D eigenvalue weighted by Crippen LogP contribution is 2.28. The average Bonchev–Trinajstić information content (AvgIpc) is 2.32. The van der Waals surface area contributed by atoms with Crippen LogP contribution in [0.4, 0.5) is 0 Å². The molecular weight excluding hydrogens is 314 g/mol. The molecule has 0 aliphatic carbocycles. The maximum atomic E-state index is 11.6. The molecule has 1 aromatic rings. The highest BCUT2D eigenvalue weighted by atomic mass is 79.9. The van der Waals surface area contributed by atoms with Crippen LogP contribution in [0.15, 0.2) is 21.5 Å². The number of carbonyl (C=O) groups is 1. The number of aliphatic hydroxyl groups excluding tert-OH is 1. The van der Waals surface area contributed by atoms with E-state index in [1.807, 2.05) is 13.8 Å². The van der Waals surface area contributed by atoms with Crippen LogP contribution in [0.1, 0.15) is 18.1 Å². The van der Waals surface area contributed by atoms with Crippen molar-refractivity contribution in [2.45, 2.75) is 31.7 Å². The first-order chi connectivity index (χ1) is 8.43. The zero-order chi connectivity index (χ0) is 13.7. The molecule has 0 aliphatic rings. The zero-order valence-corrected chi connectivity index (χ0v) is 13.2. The summed E-state index contributed by atoms with van der Waals surface area (Å²) in [5.41, 5.74) is 2.31. The van der Waals surface area contributed by atoms with Gasteiger partial charge in [-0.15, -0.1) is 11.8 Å². The van der Waals surface area contributed by atoms with Crippen LogP contribution in [0.3, 0.4) is 0 Å². The van der Waals surface area contributed by atoms with E-state index in [-0.39, 0.29) is 18.6 Å². The molecule has 0 aliphatic heterocycles. The summed E-state index contributed by atoms with van der Waals surface area (Å²) < 4.78 is 1.09. The second-order valence-corrected chi connectivity index (χ2v) is 6.18. The number of aliphatic hydroxyl groups is 1. The molecule has 0 saturated heterocycles. The van der Waals surface area contributed by atoms with Gasteiger partial charge in [0.2, 0.25) is 5.91 Å². The van der Waals surface area contributed by atoms with Crippen molar-refractivity contribution in [1.82, 2.24) is 5.32 Å². The third kappa shape index (κ3) is 4.63. The van der Waals surface area contributed by atoms with Gasteiger partial charge < -0.3 is 10.4 Å². The van der Waals surface area contributed by atoms with Crippen molar-refractivity contribution in [1.29, 1.82) is 0 Å². The lowest BCUT2D eigenvalue weighted by Crippen LogP contribution is -2.36.